The van der Waals surface area contributed by atoms with Crippen molar-refractivity contribution in [2.45, 2.75) is 48.0 Å². The van der Waals surface area contributed by atoms with E-state index in [0.29, 0.717) is 0 Å². The Morgan fingerprint density at radius 3 is 2.32 bits per heavy atom. The molecule has 1 unspecified atom stereocenters. The number of para-hydroxylation sites is 1. The van der Waals surface area contributed by atoms with Crippen molar-refractivity contribution in [2.75, 3.05) is 11.4 Å². The van der Waals surface area contributed by atoms with Gasteiger partial charge < -0.3 is 10.0 Å². The summed E-state index contributed by atoms with van der Waals surface area (Å²) in [4.78, 5) is 25.8. The van der Waals surface area contributed by atoms with Gasteiger partial charge in [0.1, 0.15) is 0 Å². The lowest BCUT2D eigenvalue weighted by atomic mass is 9.92. The predicted octanol–water partition coefficient (Wildman–Crippen LogP) is 3.66. The van der Waals surface area contributed by atoms with Crippen molar-refractivity contribution in [3.8, 4) is 0 Å². The minimum Gasteiger partial charge on any atom is -0.481 e. The standard InChI is InChI=1S/C18H27NO3/c1-7-14-10-8-9-12(2)15(14)19(11-13(3)16(20)21)17(22)18(4,5)6/h8-10,13H,7,11H2,1-6H3,(H,20,21). The Bertz CT molecular complexity index is 558. The minimum absolute atomic E-state index is 0.0513. The second kappa shape index (κ2) is 6.95. The molecule has 0 radical (unpaired) electrons. The van der Waals surface area contributed by atoms with Crippen molar-refractivity contribution in [3.63, 3.8) is 0 Å². The van der Waals surface area contributed by atoms with Gasteiger partial charge in [0, 0.05) is 17.6 Å². The molecule has 0 aromatic heterocycles. The Hall–Kier alpha value is -1.84. The van der Waals surface area contributed by atoms with Crippen LogP contribution < -0.4 is 4.90 Å². The maximum atomic E-state index is 12.9. The molecule has 1 amide bonds. The molecule has 0 fully saturated rings. The Kier molecular flexibility index (Phi) is 5.75. The minimum atomic E-state index is -0.890. The van der Waals surface area contributed by atoms with Crippen LogP contribution in [0.25, 0.3) is 0 Å². The molecule has 0 saturated heterocycles. The van der Waals surface area contributed by atoms with E-state index >= 15 is 0 Å². The number of carbonyl (C=O) groups excluding carboxylic acids is 1. The lowest BCUT2D eigenvalue weighted by Gasteiger charge is -2.33. The first-order valence-electron chi connectivity index (χ1n) is 7.72. The zero-order chi connectivity index (χ0) is 17.1. The number of amides is 1. The largest absolute Gasteiger partial charge is 0.481 e. The van der Waals surface area contributed by atoms with Gasteiger partial charge in [0.05, 0.1) is 5.92 Å². The zero-order valence-electron chi connectivity index (χ0n) is 14.4. The van der Waals surface area contributed by atoms with E-state index in [1.165, 1.54) is 0 Å². The van der Waals surface area contributed by atoms with Gasteiger partial charge in [-0.25, -0.2) is 0 Å². The molecule has 0 spiro atoms. The van der Waals surface area contributed by atoms with E-state index in [0.717, 1.165) is 23.2 Å². The van der Waals surface area contributed by atoms with E-state index in [1.807, 2.05) is 52.8 Å². The van der Waals surface area contributed by atoms with E-state index in [1.54, 1.807) is 11.8 Å². The van der Waals surface area contributed by atoms with Gasteiger partial charge >= 0.3 is 5.97 Å². The van der Waals surface area contributed by atoms with E-state index in [4.69, 9.17) is 0 Å². The molecular formula is C18H27NO3. The molecule has 4 heteroatoms. The molecule has 1 aromatic rings. The summed E-state index contributed by atoms with van der Waals surface area (Å²) in [5.74, 6) is -1.56. The first-order chi connectivity index (χ1) is 10.1. The van der Waals surface area contributed by atoms with Crippen LogP contribution in [0.15, 0.2) is 18.2 Å². The van der Waals surface area contributed by atoms with Crippen LogP contribution in [0, 0.1) is 18.3 Å². The Morgan fingerprint density at radius 2 is 1.86 bits per heavy atom. The summed E-state index contributed by atoms with van der Waals surface area (Å²) in [7, 11) is 0. The summed E-state index contributed by atoms with van der Waals surface area (Å²) < 4.78 is 0. The number of hydrogen-bond acceptors (Lipinski definition) is 2. The monoisotopic (exact) mass is 305 g/mol. The SMILES string of the molecule is CCc1cccc(C)c1N(CC(C)C(=O)O)C(=O)C(C)(C)C. The maximum Gasteiger partial charge on any atom is 0.308 e. The van der Waals surface area contributed by atoms with Crippen LogP contribution in [0.5, 0.6) is 0 Å². The summed E-state index contributed by atoms with van der Waals surface area (Å²) >= 11 is 0. The number of aliphatic carboxylic acids is 1. The highest BCUT2D eigenvalue weighted by molar-refractivity contribution is 5.98. The number of anilines is 1. The zero-order valence-corrected chi connectivity index (χ0v) is 14.4. The van der Waals surface area contributed by atoms with Crippen molar-refractivity contribution in [3.05, 3.63) is 29.3 Å². The second-order valence-corrected chi connectivity index (χ2v) is 6.84. The quantitative estimate of drug-likeness (QED) is 0.903. The molecule has 1 aromatic carbocycles. The third kappa shape index (κ3) is 4.09. The summed E-state index contributed by atoms with van der Waals surface area (Å²) in [6.07, 6.45) is 0.798. The smallest absolute Gasteiger partial charge is 0.308 e. The topological polar surface area (TPSA) is 57.6 Å². The molecule has 22 heavy (non-hydrogen) atoms. The number of carboxylic acid groups (broad SMARTS) is 1. The van der Waals surface area contributed by atoms with E-state index in [2.05, 4.69) is 0 Å². The van der Waals surface area contributed by atoms with Gasteiger partial charge in [0.25, 0.3) is 0 Å². The number of hydrogen-bond donors (Lipinski definition) is 1. The molecule has 0 aliphatic carbocycles. The average Bonchev–Trinajstić information content (AvgIpc) is 2.42. The highest BCUT2D eigenvalue weighted by Gasteiger charge is 2.32. The fourth-order valence-electron chi connectivity index (χ4n) is 2.42. The summed E-state index contributed by atoms with van der Waals surface area (Å²) in [6, 6.07) is 5.93. The van der Waals surface area contributed by atoms with Crippen molar-refractivity contribution in [2.24, 2.45) is 11.3 Å². The molecule has 0 bridgehead atoms. The van der Waals surface area contributed by atoms with Crippen LogP contribution >= 0.6 is 0 Å². The first-order valence-corrected chi connectivity index (χ1v) is 7.72. The molecule has 0 aliphatic rings. The van der Waals surface area contributed by atoms with Crippen LogP contribution in [0.2, 0.25) is 0 Å². The molecule has 1 rings (SSSR count). The third-order valence-corrected chi connectivity index (χ3v) is 3.74. The number of aryl methyl sites for hydroxylation is 2. The van der Waals surface area contributed by atoms with Gasteiger partial charge in [-0.1, -0.05) is 52.8 Å². The Labute approximate surface area is 133 Å². The number of benzene rings is 1. The highest BCUT2D eigenvalue weighted by Crippen LogP contribution is 2.30. The molecule has 0 heterocycles. The normalized spacial score (nSPS) is 12.8. The van der Waals surface area contributed by atoms with Gasteiger partial charge in [-0.05, 0) is 24.5 Å². The van der Waals surface area contributed by atoms with Crippen molar-refractivity contribution in [1.29, 1.82) is 0 Å². The van der Waals surface area contributed by atoms with Crippen LogP contribution in [0.3, 0.4) is 0 Å². The van der Waals surface area contributed by atoms with Crippen LogP contribution in [0.1, 0.15) is 45.7 Å². The molecule has 4 nitrogen and oxygen atoms in total. The Morgan fingerprint density at radius 1 is 1.27 bits per heavy atom. The molecule has 0 aliphatic heterocycles. The highest BCUT2D eigenvalue weighted by atomic mass is 16.4. The van der Waals surface area contributed by atoms with E-state index < -0.39 is 17.3 Å². The number of rotatable bonds is 5. The van der Waals surface area contributed by atoms with Gasteiger partial charge in [0.2, 0.25) is 5.91 Å². The van der Waals surface area contributed by atoms with E-state index in [-0.39, 0.29) is 12.5 Å². The lowest BCUT2D eigenvalue weighted by Crippen LogP contribution is -2.44. The van der Waals surface area contributed by atoms with Crippen LogP contribution in [-0.4, -0.2) is 23.5 Å². The number of carboxylic acids is 1. The fraction of sp³-hybridized carbons (Fsp3) is 0.556. The second-order valence-electron chi connectivity index (χ2n) is 6.84. The fourth-order valence-corrected chi connectivity index (χ4v) is 2.42. The van der Waals surface area contributed by atoms with Gasteiger partial charge in [-0.15, -0.1) is 0 Å². The van der Waals surface area contributed by atoms with Crippen LogP contribution in [-0.2, 0) is 16.0 Å². The molecular weight excluding hydrogens is 278 g/mol. The van der Waals surface area contributed by atoms with Crippen LogP contribution in [0.4, 0.5) is 5.69 Å². The van der Waals surface area contributed by atoms with Crippen molar-refractivity contribution in [1.82, 2.24) is 0 Å². The summed E-state index contributed by atoms with van der Waals surface area (Å²) in [6.45, 7) is 11.4. The third-order valence-electron chi connectivity index (χ3n) is 3.74. The first kappa shape index (κ1) is 18.2. The summed E-state index contributed by atoms with van der Waals surface area (Å²) in [5.41, 5.74) is 2.36. The average molecular weight is 305 g/mol. The summed E-state index contributed by atoms with van der Waals surface area (Å²) in [5, 5.41) is 9.22. The molecule has 1 N–H and O–H groups in total. The van der Waals surface area contributed by atoms with Crippen molar-refractivity contribution >= 4 is 17.6 Å². The number of carbonyl (C=O) groups is 2. The van der Waals surface area contributed by atoms with E-state index in [9.17, 15) is 14.7 Å². The maximum absolute atomic E-state index is 12.9. The number of nitrogens with zero attached hydrogens (tertiary/aromatic N) is 1. The van der Waals surface area contributed by atoms with Gasteiger partial charge in [-0.3, -0.25) is 9.59 Å². The predicted molar refractivity (Wildman–Crippen MR) is 89.2 cm³/mol. The molecule has 0 saturated carbocycles. The molecule has 1 atom stereocenters. The molecule has 122 valence electrons. The lowest BCUT2D eigenvalue weighted by molar-refractivity contribution is -0.140. The van der Waals surface area contributed by atoms with Crippen molar-refractivity contribution < 1.29 is 14.7 Å². The van der Waals surface area contributed by atoms with Gasteiger partial charge in [0.15, 0.2) is 0 Å². The van der Waals surface area contributed by atoms with Gasteiger partial charge in [-0.2, -0.15) is 0 Å². The Balaban J connectivity index is 3.38.